The third-order valence-electron chi connectivity index (χ3n) is 1.96. The number of benzene rings is 1. The molecule has 1 aromatic heterocycles. The van der Waals surface area contributed by atoms with Crippen molar-refractivity contribution in [2.24, 2.45) is 0 Å². The highest BCUT2D eigenvalue weighted by Gasteiger charge is 2.12. The Morgan fingerprint density at radius 3 is 2.43 bits per heavy atom. The SMILES string of the molecule is Clc1ccc(C(Br)c2ccco2)cc1. The van der Waals surface area contributed by atoms with Crippen LogP contribution < -0.4 is 0 Å². The van der Waals surface area contributed by atoms with E-state index in [2.05, 4.69) is 15.9 Å². The van der Waals surface area contributed by atoms with Crippen LogP contribution in [0.2, 0.25) is 5.02 Å². The van der Waals surface area contributed by atoms with Crippen LogP contribution in [0, 0.1) is 0 Å². The van der Waals surface area contributed by atoms with Crippen LogP contribution in [-0.2, 0) is 0 Å². The Labute approximate surface area is 95.8 Å². The van der Waals surface area contributed by atoms with E-state index in [1.165, 1.54) is 0 Å². The molecule has 1 atom stereocenters. The largest absolute Gasteiger partial charge is 0.468 e. The molecule has 2 rings (SSSR count). The second-order valence-corrected chi connectivity index (χ2v) is 4.28. The maximum absolute atomic E-state index is 5.80. The van der Waals surface area contributed by atoms with Crippen molar-refractivity contribution in [2.75, 3.05) is 0 Å². The summed E-state index contributed by atoms with van der Waals surface area (Å²) in [7, 11) is 0. The molecule has 0 saturated heterocycles. The molecule has 0 aliphatic heterocycles. The van der Waals surface area contributed by atoms with Crippen LogP contribution in [-0.4, -0.2) is 0 Å². The molecular weight excluding hydrogens is 263 g/mol. The molecule has 0 fully saturated rings. The summed E-state index contributed by atoms with van der Waals surface area (Å²) in [6, 6.07) is 11.5. The lowest BCUT2D eigenvalue weighted by Crippen LogP contribution is -1.89. The summed E-state index contributed by atoms with van der Waals surface area (Å²) in [5.41, 5.74) is 1.13. The summed E-state index contributed by atoms with van der Waals surface area (Å²) in [5, 5.41) is 0.743. The standard InChI is InChI=1S/C11H8BrClO/c12-11(10-2-1-7-14-10)8-3-5-9(13)6-4-8/h1-7,11H. The number of alkyl halides is 1. The molecule has 0 bridgehead atoms. The van der Waals surface area contributed by atoms with Gasteiger partial charge in [-0.3, -0.25) is 0 Å². The highest BCUT2D eigenvalue weighted by molar-refractivity contribution is 9.09. The average molecular weight is 272 g/mol. The number of furan rings is 1. The Kier molecular flexibility index (Phi) is 2.94. The van der Waals surface area contributed by atoms with Crippen LogP contribution in [0.5, 0.6) is 0 Å². The molecule has 1 nitrogen and oxygen atoms in total. The molecule has 0 aliphatic carbocycles. The van der Waals surface area contributed by atoms with E-state index in [-0.39, 0.29) is 4.83 Å². The van der Waals surface area contributed by atoms with Crippen LogP contribution in [0.1, 0.15) is 16.2 Å². The normalized spacial score (nSPS) is 12.7. The van der Waals surface area contributed by atoms with Crippen molar-refractivity contribution < 1.29 is 4.42 Å². The summed E-state index contributed by atoms with van der Waals surface area (Å²) in [6.07, 6.45) is 1.67. The second-order valence-electron chi connectivity index (χ2n) is 2.93. The van der Waals surface area contributed by atoms with Gasteiger partial charge < -0.3 is 4.42 Å². The minimum atomic E-state index is 0.0924. The third kappa shape index (κ3) is 2.02. The molecule has 0 saturated carbocycles. The Balaban J connectivity index is 2.28. The van der Waals surface area contributed by atoms with Gasteiger partial charge in [0.2, 0.25) is 0 Å². The molecule has 3 heteroatoms. The van der Waals surface area contributed by atoms with Gasteiger partial charge in [-0.05, 0) is 29.8 Å². The van der Waals surface area contributed by atoms with Gasteiger partial charge in [-0.2, -0.15) is 0 Å². The van der Waals surface area contributed by atoms with Gasteiger partial charge in [0.05, 0.1) is 11.1 Å². The van der Waals surface area contributed by atoms with E-state index in [1.54, 1.807) is 6.26 Å². The molecule has 0 radical (unpaired) electrons. The van der Waals surface area contributed by atoms with Crippen LogP contribution in [0.4, 0.5) is 0 Å². The second kappa shape index (κ2) is 4.20. The zero-order valence-corrected chi connectivity index (χ0v) is 9.62. The molecule has 2 aromatic rings. The van der Waals surface area contributed by atoms with Crippen molar-refractivity contribution in [3.63, 3.8) is 0 Å². The maximum atomic E-state index is 5.80. The highest BCUT2D eigenvalue weighted by atomic mass is 79.9. The molecule has 1 heterocycles. The lowest BCUT2D eigenvalue weighted by atomic mass is 10.1. The zero-order chi connectivity index (χ0) is 9.97. The molecule has 1 aromatic carbocycles. The van der Waals surface area contributed by atoms with E-state index >= 15 is 0 Å². The molecule has 1 unspecified atom stereocenters. The van der Waals surface area contributed by atoms with Crippen LogP contribution >= 0.6 is 27.5 Å². The maximum Gasteiger partial charge on any atom is 0.121 e. The van der Waals surface area contributed by atoms with Gasteiger partial charge in [0.15, 0.2) is 0 Å². The van der Waals surface area contributed by atoms with E-state index in [4.69, 9.17) is 16.0 Å². The first kappa shape index (κ1) is 9.81. The topological polar surface area (TPSA) is 13.1 Å². The van der Waals surface area contributed by atoms with Gasteiger partial charge in [-0.15, -0.1) is 0 Å². The monoisotopic (exact) mass is 270 g/mol. The fourth-order valence-electron chi connectivity index (χ4n) is 1.23. The molecular formula is C11H8BrClO. The van der Waals surface area contributed by atoms with E-state index in [9.17, 15) is 0 Å². The first-order valence-electron chi connectivity index (χ1n) is 4.20. The predicted octanol–water partition coefficient (Wildman–Crippen LogP) is 4.42. The van der Waals surface area contributed by atoms with Crippen molar-refractivity contribution in [1.82, 2.24) is 0 Å². The lowest BCUT2D eigenvalue weighted by Gasteiger charge is -2.06. The van der Waals surface area contributed by atoms with Crippen LogP contribution in [0.15, 0.2) is 47.1 Å². The first-order chi connectivity index (χ1) is 6.77. The zero-order valence-electron chi connectivity index (χ0n) is 7.28. The van der Waals surface area contributed by atoms with Gasteiger partial charge >= 0.3 is 0 Å². The van der Waals surface area contributed by atoms with Crippen molar-refractivity contribution in [2.45, 2.75) is 4.83 Å². The van der Waals surface area contributed by atoms with Crippen molar-refractivity contribution in [3.8, 4) is 0 Å². The average Bonchev–Trinajstić information content (AvgIpc) is 2.71. The van der Waals surface area contributed by atoms with Crippen molar-refractivity contribution in [3.05, 3.63) is 59.0 Å². The smallest absolute Gasteiger partial charge is 0.121 e. The van der Waals surface area contributed by atoms with Crippen molar-refractivity contribution >= 4 is 27.5 Å². The molecule has 0 spiro atoms. The van der Waals surface area contributed by atoms with Gasteiger partial charge in [-0.1, -0.05) is 39.7 Å². The lowest BCUT2D eigenvalue weighted by molar-refractivity contribution is 0.519. The molecule has 14 heavy (non-hydrogen) atoms. The third-order valence-corrected chi connectivity index (χ3v) is 3.19. The number of halogens is 2. The summed E-state index contributed by atoms with van der Waals surface area (Å²) in [4.78, 5) is 0.0924. The van der Waals surface area contributed by atoms with E-state index in [0.717, 1.165) is 16.3 Å². The van der Waals surface area contributed by atoms with E-state index in [0.29, 0.717) is 0 Å². The minimum absolute atomic E-state index is 0.0924. The van der Waals surface area contributed by atoms with E-state index in [1.807, 2.05) is 36.4 Å². The summed E-state index contributed by atoms with van der Waals surface area (Å²) >= 11 is 9.36. The first-order valence-corrected chi connectivity index (χ1v) is 5.49. The van der Waals surface area contributed by atoms with Gasteiger partial charge in [0.25, 0.3) is 0 Å². The Morgan fingerprint density at radius 1 is 1.14 bits per heavy atom. The van der Waals surface area contributed by atoms with Gasteiger partial charge in [0.1, 0.15) is 5.76 Å². The Hall–Kier alpha value is -0.730. The van der Waals surface area contributed by atoms with Crippen molar-refractivity contribution in [1.29, 1.82) is 0 Å². The quantitative estimate of drug-likeness (QED) is 0.737. The Morgan fingerprint density at radius 2 is 1.86 bits per heavy atom. The fraction of sp³-hybridized carbons (Fsp3) is 0.0909. The van der Waals surface area contributed by atoms with Crippen LogP contribution in [0.3, 0.4) is 0 Å². The molecule has 0 N–H and O–H groups in total. The van der Waals surface area contributed by atoms with Gasteiger partial charge in [0, 0.05) is 5.02 Å². The summed E-state index contributed by atoms with van der Waals surface area (Å²) < 4.78 is 5.30. The molecule has 0 amide bonds. The predicted molar refractivity (Wildman–Crippen MR) is 60.9 cm³/mol. The summed E-state index contributed by atoms with van der Waals surface area (Å²) in [6.45, 7) is 0. The number of hydrogen-bond acceptors (Lipinski definition) is 1. The highest BCUT2D eigenvalue weighted by Crippen LogP contribution is 2.31. The molecule has 72 valence electrons. The van der Waals surface area contributed by atoms with Crippen LogP contribution in [0.25, 0.3) is 0 Å². The Bertz CT molecular complexity index is 394. The van der Waals surface area contributed by atoms with Gasteiger partial charge in [-0.25, -0.2) is 0 Å². The minimum Gasteiger partial charge on any atom is -0.468 e. The number of rotatable bonds is 2. The fourth-order valence-corrected chi connectivity index (χ4v) is 1.92. The van der Waals surface area contributed by atoms with E-state index < -0.39 is 0 Å². The number of hydrogen-bond donors (Lipinski definition) is 0. The summed E-state index contributed by atoms with van der Waals surface area (Å²) in [5.74, 6) is 0.896. The molecule has 0 aliphatic rings.